The fourth-order valence-electron chi connectivity index (χ4n) is 2.19. The second-order valence-corrected chi connectivity index (χ2v) is 6.07. The summed E-state index contributed by atoms with van der Waals surface area (Å²) in [6.45, 7) is 5.54. The molecule has 0 saturated carbocycles. The van der Waals surface area contributed by atoms with Gasteiger partial charge in [0.2, 0.25) is 0 Å². The Bertz CT molecular complexity index is 641. The third-order valence-corrected chi connectivity index (χ3v) is 3.48. The minimum absolute atomic E-state index is 0.000667. The van der Waals surface area contributed by atoms with E-state index in [0.29, 0.717) is 6.42 Å². The molecule has 0 spiro atoms. The van der Waals surface area contributed by atoms with Gasteiger partial charge in [-0.25, -0.2) is 9.59 Å². The number of benzene rings is 1. The molecule has 1 atom stereocenters. The molecule has 0 aliphatic heterocycles. The first-order valence-electron chi connectivity index (χ1n) is 8.40. The molecule has 2 N–H and O–H groups in total. The minimum atomic E-state index is -0.787. The molecule has 26 heavy (non-hydrogen) atoms. The highest BCUT2D eigenvalue weighted by atomic mass is 16.5. The molecule has 7 nitrogen and oxygen atoms in total. The third kappa shape index (κ3) is 7.38. The maximum atomic E-state index is 12.3. The van der Waals surface area contributed by atoms with Gasteiger partial charge < -0.3 is 14.8 Å². The summed E-state index contributed by atoms with van der Waals surface area (Å²) in [6, 6.07) is 8.39. The second kappa shape index (κ2) is 10.9. The maximum absolute atomic E-state index is 12.3. The van der Waals surface area contributed by atoms with Crippen LogP contribution in [0, 0.1) is 5.92 Å². The lowest BCUT2D eigenvalue weighted by Crippen LogP contribution is -2.45. The van der Waals surface area contributed by atoms with E-state index in [1.807, 2.05) is 44.2 Å². The van der Waals surface area contributed by atoms with Crippen LogP contribution in [0.5, 0.6) is 0 Å². The summed E-state index contributed by atoms with van der Waals surface area (Å²) < 4.78 is 9.80. The first kappa shape index (κ1) is 21.2. The molecule has 1 aromatic rings. The number of ether oxygens (including phenoxy) is 2. The van der Waals surface area contributed by atoms with Gasteiger partial charge in [-0.05, 0) is 24.8 Å². The van der Waals surface area contributed by atoms with Crippen molar-refractivity contribution >= 4 is 18.0 Å². The van der Waals surface area contributed by atoms with Crippen LogP contribution in [0.25, 0.3) is 0 Å². The summed E-state index contributed by atoms with van der Waals surface area (Å²) >= 11 is 0. The number of amides is 2. The molecule has 142 valence electrons. The lowest BCUT2D eigenvalue weighted by atomic mass is 10.0. The van der Waals surface area contributed by atoms with E-state index in [-0.39, 0.29) is 18.2 Å². The van der Waals surface area contributed by atoms with E-state index < -0.39 is 24.0 Å². The van der Waals surface area contributed by atoms with Crippen molar-refractivity contribution in [3.63, 3.8) is 0 Å². The van der Waals surface area contributed by atoms with Gasteiger partial charge in [-0.2, -0.15) is 0 Å². The molecule has 2 amide bonds. The topological polar surface area (TPSA) is 93.7 Å². The zero-order chi connectivity index (χ0) is 19.5. The Labute approximate surface area is 153 Å². The largest absolute Gasteiger partial charge is 0.467 e. The van der Waals surface area contributed by atoms with Crippen molar-refractivity contribution in [2.24, 2.45) is 5.92 Å². The average molecular weight is 362 g/mol. The van der Waals surface area contributed by atoms with E-state index in [2.05, 4.69) is 10.6 Å². The Balaban J connectivity index is 2.61. The highest BCUT2D eigenvalue weighted by molar-refractivity contribution is 5.98. The van der Waals surface area contributed by atoms with Gasteiger partial charge >= 0.3 is 12.1 Å². The Morgan fingerprint density at radius 3 is 2.35 bits per heavy atom. The van der Waals surface area contributed by atoms with Crippen LogP contribution >= 0.6 is 0 Å². The highest BCUT2D eigenvalue weighted by Gasteiger charge is 2.24. The van der Waals surface area contributed by atoms with Crippen molar-refractivity contribution in [2.45, 2.75) is 39.8 Å². The van der Waals surface area contributed by atoms with Gasteiger partial charge in [0.05, 0.1) is 7.11 Å². The molecule has 0 aromatic heterocycles. The first-order valence-corrected chi connectivity index (χ1v) is 8.40. The molecule has 0 saturated heterocycles. The summed E-state index contributed by atoms with van der Waals surface area (Å²) in [7, 11) is 1.26. The van der Waals surface area contributed by atoms with Crippen LogP contribution < -0.4 is 10.6 Å². The van der Waals surface area contributed by atoms with Gasteiger partial charge in [0.1, 0.15) is 18.3 Å². The number of hydrogen-bond donors (Lipinski definition) is 2. The quantitative estimate of drug-likeness (QED) is 0.547. The van der Waals surface area contributed by atoms with Crippen molar-refractivity contribution in [1.82, 2.24) is 10.6 Å². The van der Waals surface area contributed by atoms with E-state index in [0.717, 1.165) is 5.56 Å². The SMILES string of the molecule is C/C=C(/NC(=O)OCc1ccccc1)C(=O)N[C@@H](CC(C)C)C(=O)OC. The van der Waals surface area contributed by atoms with Crippen LogP contribution in [0.4, 0.5) is 4.79 Å². The summed E-state index contributed by atoms with van der Waals surface area (Å²) in [4.78, 5) is 36.0. The Kier molecular flexibility index (Phi) is 8.91. The van der Waals surface area contributed by atoms with Crippen molar-refractivity contribution < 1.29 is 23.9 Å². The van der Waals surface area contributed by atoms with Crippen LogP contribution in [0.2, 0.25) is 0 Å². The van der Waals surface area contributed by atoms with Gasteiger partial charge in [-0.1, -0.05) is 50.3 Å². The van der Waals surface area contributed by atoms with E-state index in [9.17, 15) is 14.4 Å². The summed E-state index contributed by atoms with van der Waals surface area (Å²) in [5.74, 6) is -0.938. The number of hydrogen-bond acceptors (Lipinski definition) is 5. The molecule has 0 aliphatic rings. The number of rotatable bonds is 8. The lowest BCUT2D eigenvalue weighted by Gasteiger charge is -2.19. The van der Waals surface area contributed by atoms with Crippen LogP contribution in [0.15, 0.2) is 42.1 Å². The predicted molar refractivity (Wildman–Crippen MR) is 96.9 cm³/mol. The van der Waals surface area contributed by atoms with Crippen molar-refractivity contribution in [3.8, 4) is 0 Å². The Morgan fingerprint density at radius 2 is 1.81 bits per heavy atom. The summed E-state index contributed by atoms with van der Waals surface area (Å²) in [6.07, 6.45) is 1.10. The van der Waals surface area contributed by atoms with E-state index in [1.54, 1.807) is 6.92 Å². The molecule has 0 fully saturated rings. The number of allylic oxidation sites excluding steroid dienone is 1. The fourth-order valence-corrected chi connectivity index (χ4v) is 2.19. The van der Waals surface area contributed by atoms with Crippen LogP contribution in [0.3, 0.4) is 0 Å². The highest BCUT2D eigenvalue weighted by Crippen LogP contribution is 2.07. The molecule has 7 heteroatoms. The van der Waals surface area contributed by atoms with Crippen LogP contribution in [0.1, 0.15) is 32.8 Å². The number of methoxy groups -OCH3 is 1. The molecule has 1 rings (SSSR count). The molecule has 0 radical (unpaired) electrons. The van der Waals surface area contributed by atoms with Gasteiger partial charge in [0.15, 0.2) is 0 Å². The van der Waals surface area contributed by atoms with Gasteiger partial charge in [-0.15, -0.1) is 0 Å². The maximum Gasteiger partial charge on any atom is 0.412 e. The molecular weight excluding hydrogens is 336 g/mol. The molecule has 0 heterocycles. The van der Waals surface area contributed by atoms with Gasteiger partial charge in [0, 0.05) is 0 Å². The minimum Gasteiger partial charge on any atom is -0.467 e. The summed E-state index contributed by atoms with van der Waals surface area (Å²) in [5.41, 5.74) is 0.831. The number of carbonyl (C=O) groups is 3. The molecule has 0 unspecified atom stereocenters. The fraction of sp³-hybridized carbons (Fsp3) is 0.421. The average Bonchev–Trinajstić information content (AvgIpc) is 2.63. The number of nitrogens with one attached hydrogen (secondary N) is 2. The van der Waals surface area contributed by atoms with Crippen molar-refractivity contribution in [2.75, 3.05) is 7.11 Å². The van der Waals surface area contributed by atoms with E-state index in [4.69, 9.17) is 9.47 Å². The predicted octanol–water partition coefficient (Wildman–Crippen LogP) is 2.52. The lowest BCUT2D eigenvalue weighted by molar-refractivity contribution is -0.145. The van der Waals surface area contributed by atoms with Crippen LogP contribution in [-0.4, -0.2) is 31.1 Å². The van der Waals surface area contributed by atoms with E-state index >= 15 is 0 Å². The Hall–Kier alpha value is -2.83. The number of esters is 1. The normalized spacial score (nSPS) is 12.3. The molecular formula is C19H26N2O5. The molecule has 0 bridgehead atoms. The standard InChI is InChI=1S/C19H26N2O5/c1-5-15(17(22)20-16(11-13(2)3)18(23)25-4)21-19(24)26-12-14-9-7-6-8-10-14/h5-10,13,16H,11-12H2,1-4H3,(H,20,22)(H,21,24)/b15-5+/t16-/m0/s1. The number of alkyl carbamates (subject to hydrolysis) is 1. The third-order valence-electron chi connectivity index (χ3n) is 3.48. The monoisotopic (exact) mass is 362 g/mol. The van der Waals surface area contributed by atoms with E-state index in [1.165, 1.54) is 13.2 Å². The van der Waals surface area contributed by atoms with Gasteiger partial charge in [-0.3, -0.25) is 10.1 Å². The summed E-state index contributed by atoms with van der Waals surface area (Å²) in [5, 5.41) is 4.97. The Morgan fingerprint density at radius 1 is 1.15 bits per heavy atom. The zero-order valence-electron chi connectivity index (χ0n) is 15.6. The number of carbonyl (C=O) groups excluding carboxylic acids is 3. The smallest absolute Gasteiger partial charge is 0.412 e. The molecule has 0 aliphatic carbocycles. The van der Waals surface area contributed by atoms with Crippen LogP contribution in [-0.2, 0) is 25.7 Å². The zero-order valence-corrected chi connectivity index (χ0v) is 15.6. The molecule has 1 aromatic carbocycles. The van der Waals surface area contributed by atoms with Gasteiger partial charge in [0.25, 0.3) is 5.91 Å². The second-order valence-electron chi connectivity index (χ2n) is 6.07. The van der Waals surface area contributed by atoms with Crippen molar-refractivity contribution in [1.29, 1.82) is 0 Å². The first-order chi connectivity index (χ1) is 12.4. The van der Waals surface area contributed by atoms with Crippen molar-refractivity contribution in [3.05, 3.63) is 47.7 Å².